The number of hydrogen-bond acceptors (Lipinski definition) is 4. The SMILES string of the molecule is Cc1c([N+](=O)[O-])ccc(N=C=O)c1Cl. The van der Waals surface area contributed by atoms with Crippen molar-refractivity contribution in [2.45, 2.75) is 6.92 Å². The summed E-state index contributed by atoms with van der Waals surface area (Å²) >= 11 is 5.74. The molecule has 0 fully saturated rings. The van der Waals surface area contributed by atoms with E-state index in [0.717, 1.165) is 0 Å². The van der Waals surface area contributed by atoms with Crippen molar-refractivity contribution in [1.82, 2.24) is 0 Å². The standard InChI is InChI=1S/C8H5ClN2O3/c1-5-7(11(13)14)3-2-6(8(5)9)10-4-12/h2-3H,1H3. The lowest BCUT2D eigenvalue weighted by Crippen LogP contribution is -1.91. The van der Waals surface area contributed by atoms with Crippen molar-refractivity contribution in [3.05, 3.63) is 32.8 Å². The van der Waals surface area contributed by atoms with Crippen LogP contribution in [0.25, 0.3) is 0 Å². The van der Waals surface area contributed by atoms with Gasteiger partial charge in [0.2, 0.25) is 6.08 Å². The average molecular weight is 213 g/mol. The van der Waals surface area contributed by atoms with Gasteiger partial charge in [0.1, 0.15) is 0 Å². The third-order valence-corrected chi connectivity index (χ3v) is 2.18. The first-order valence-electron chi connectivity index (χ1n) is 3.59. The molecule has 0 N–H and O–H groups in total. The number of aliphatic imine (C=N–C) groups is 1. The molecule has 6 heteroatoms. The van der Waals surface area contributed by atoms with Crippen LogP contribution in [-0.2, 0) is 4.79 Å². The third kappa shape index (κ3) is 1.79. The van der Waals surface area contributed by atoms with E-state index in [1.165, 1.54) is 25.1 Å². The Balaban J connectivity index is 3.40. The topological polar surface area (TPSA) is 72.6 Å². The number of carbonyl (C=O) groups excluding carboxylic acids is 1. The lowest BCUT2D eigenvalue weighted by Gasteiger charge is -2.01. The van der Waals surface area contributed by atoms with Gasteiger partial charge in [-0.1, -0.05) is 11.6 Å². The molecule has 72 valence electrons. The molecule has 0 spiro atoms. The number of nitro groups is 1. The summed E-state index contributed by atoms with van der Waals surface area (Å²) in [5, 5.41) is 10.6. The molecule has 0 heterocycles. The second-order valence-corrected chi connectivity index (χ2v) is 2.88. The zero-order chi connectivity index (χ0) is 10.7. The van der Waals surface area contributed by atoms with E-state index in [1.807, 2.05) is 0 Å². The van der Waals surface area contributed by atoms with E-state index in [1.54, 1.807) is 0 Å². The molecule has 0 aliphatic heterocycles. The maximum Gasteiger partial charge on any atom is 0.273 e. The molecule has 0 aliphatic carbocycles. The summed E-state index contributed by atoms with van der Waals surface area (Å²) in [5.74, 6) is 0. The summed E-state index contributed by atoms with van der Waals surface area (Å²) in [7, 11) is 0. The number of rotatable bonds is 2. The first-order chi connectivity index (χ1) is 6.57. The van der Waals surface area contributed by atoms with Crippen LogP contribution < -0.4 is 0 Å². The zero-order valence-electron chi connectivity index (χ0n) is 7.15. The van der Waals surface area contributed by atoms with Gasteiger partial charge < -0.3 is 0 Å². The number of halogens is 1. The fraction of sp³-hybridized carbons (Fsp3) is 0.125. The highest BCUT2D eigenvalue weighted by Gasteiger charge is 2.15. The van der Waals surface area contributed by atoms with Gasteiger partial charge in [-0.2, -0.15) is 4.99 Å². The minimum atomic E-state index is -0.546. The zero-order valence-corrected chi connectivity index (χ0v) is 7.91. The Morgan fingerprint density at radius 1 is 1.57 bits per heavy atom. The number of nitro benzene ring substituents is 1. The van der Waals surface area contributed by atoms with E-state index in [4.69, 9.17) is 11.6 Å². The molecule has 14 heavy (non-hydrogen) atoms. The fourth-order valence-corrected chi connectivity index (χ4v) is 1.20. The minimum absolute atomic E-state index is 0.0974. The van der Waals surface area contributed by atoms with Crippen LogP contribution in [0.15, 0.2) is 17.1 Å². The lowest BCUT2D eigenvalue weighted by molar-refractivity contribution is -0.385. The van der Waals surface area contributed by atoms with E-state index in [0.29, 0.717) is 0 Å². The second-order valence-electron chi connectivity index (χ2n) is 2.50. The van der Waals surface area contributed by atoms with Crippen molar-refractivity contribution in [2.75, 3.05) is 0 Å². The van der Waals surface area contributed by atoms with Crippen LogP contribution in [0.5, 0.6) is 0 Å². The van der Waals surface area contributed by atoms with Crippen LogP contribution in [0.1, 0.15) is 5.56 Å². The van der Waals surface area contributed by atoms with Gasteiger partial charge in [-0.15, -0.1) is 0 Å². The van der Waals surface area contributed by atoms with Gasteiger partial charge in [-0.3, -0.25) is 10.1 Å². The van der Waals surface area contributed by atoms with E-state index in [9.17, 15) is 14.9 Å². The molecule has 0 amide bonds. The van der Waals surface area contributed by atoms with Gasteiger partial charge in [0.15, 0.2) is 0 Å². The Morgan fingerprint density at radius 2 is 2.21 bits per heavy atom. The predicted octanol–water partition coefficient (Wildman–Crippen LogP) is 2.52. The van der Waals surface area contributed by atoms with Gasteiger partial charge >= 0.3 is 0 Å². The molecule has 0 radical (unpaired) electrons. The summed E-state index contributed by atoms with van der Waals surface area (Å²) in [4.78, 5) is 23.2. The Hall–Kier alpha value is -1.71. The smallest absolute Gasteiger partial charge is 0.258 e. The Labute approximate surface area is 84.2 Å². The minimum Gasteiger partial charge on any atom is -0.258 e. The van der Waals surface area contributed by atoms with E-state index in [-0.39, 0.29) is 22.0 Å². The molecule has 0 atom stereocenters. The van der Waals surface area contributed by atoms with Crippen LogP contribution in [0.2, 0.25) is 5.02 Å². The van der Waals surface area contributed by atoms with Crippen LogP contribution in [0.4, 0.5) is 11.4 Å². The summed E-state index contributed by atoms with van der Waals surface area (Å²) in [6.07, 6.45) is 1.32. The molecular weight excluding hydrogens is 208 g/mol. The highest BCUT2D eigenvalue weighted by Crippen LogP contribution is 2.33. The molecule has 0 bridgehead atoms. The summed E-state index contributed by atoms with van der Waals surface area (Å²) < 4.78 is 0. The molecule has 1 aromatic carbocycles. The molecule has 0 saturated heterocycles. The maximum absolute atomic E-state index is 10.5. The van der Waals surface area contributed by atoms with Gasteiger partial charge in [0.25, 0.3) is 5.69 Å². The van der Waals surface area contributed by atoms with E-state index < -0.39 is 4.92 Å². The lowest BCUT2D eigenvalue weighted by atomic mass is 10.2. The monoisotopic (exact) mass is 212 g/mol. The molecular formula is C8H5ClN2O3. The van der Waals surface area contributed by atoms with Crippen LogP contribution in [0.3, 0.4) is 0 Å². The number of hydrogen-bond donors (Lipinski definition) is 0. The molecule has 0 aliphatic rings. The van der Waals surface area contributed by atoms with Crippen molar-refractivity contribution < 1.29 is 9.72 Å². The van der Waals surface area contributed by atoms with Crippen molar-refractivity contribution >= 4 is 29.1 Å². The first-order valence-corrected chi connectivity index (χ1v) is 3.97. The Kier molecular flexibility index (Phi) is 2.96. The Bertz CT molecular complexity index is 411. The maximum atomic E-state index is 10.5. The molecule has 0 unspecified atom stereocenters. The average Bonchev–Trinajstić information content (AvgIpc) is 2.13. The van der Waals surface area contributed by atoms with Crippen molar-refractivity contribution in [3.8, 4) is 0 Å². The quantitative estimate of drug-likeness (QED) is 0.327. The number of benzene rings is 1. The highest BCUT2D eigenvalue weighted by atomic mass is 35.5. The van der Waals surface area contributed by atoms with Gasteiger partial charge in [0, 0.05) is 11.6 Å². The van der Waals surface area contributed by atoms with Gasteiger partial charge in [-0.05, 0) is 13.0 Å². The normalized spacial score (nSPS) is 9.29. The predicted molar refractivity (Wildman–Crippen MR) is 50.6 cm³/mol. The number of nitrogens with zero attached hydrogens (tertiary/aromatic N) is 2. The highest BCUT2D eigenvalue weighted by molar-refractivity contribution is 6.34. The summed E-state index contributed by atoms with van der Waals surface area (Å²) in [6, 6.07) is 2.55. The summed E-state index contributed by atoms with van der Waals surface area (Å²) in [5.41, 5.74) is 0.373. The van der Waals surface area contributed by atoms with Crippen LogP contribution in [-0.4, -0.2) is 11.0 Å². The third-order valence-electron chi connectivity index (χ3n) is 1.70. The molecule has 1 aromatic rings. The van der Waals surface area contributed by atoms with Gasteiger partial charge in [0.05, 0.1) is 15.6 Å². The number of isocyanates is 1. The van der Waals surface area contributed by atoms with Crippen LogP contribution in [0, 0.1) is 17.0 Å². The summed E-state index contributed by atoms with van der Waals surface area (Å²) in [6.45, 7) is 1.49. The van der Waals surface area contributed by atoms with E-state index >= 15 is 0 Å². The van der Waals surface area contributed by atoms with Crippen molar-refractivity contribution in [1.29, 1.82) is 0 Å². The second kappa shape index (κ2) is 4.00. The fourth-order valence-electron chi connectivity index (χ4n) is 0.994. The molecule has 5 nitrogen and oxygen atoms in total. The van der Waals surface area contributed by atoms with E-state index in [2.05, 4.69) is 4.99 Å². The Morgan fingerprint density at radius 3 is 2.71 bits per heavy atom. The molecule has 0 aromatic heterocycles. The largest absolute Gasteiger partial charge is 0.273 e. The molecule has 1 rings (SSSR count). The first kappa shape index (κ1) is 10.4. The van der Waals surface area contributed by atoms with Crippen LogP contribution >= 0.6 is 11.6 Å². The van der Waals surface area contributed by atoms with Crippen molar-refractivity contribution in [3.63, 3.8) is 0 Å². The molecule has 0 saturated carbocycles. The van der Waals surface area contributed by atoms with Gasteiger partial charge in [-0.25, -0.2) is 4.79 Å². The van der Waals surface area contributed by atoms with Crippen molar-refractivity contribution in [2.24, 2.45) is 4.99 Å².